The van der Waals surface area contributed by atoms with E-state index in [9.17, 15) is 0 Å². The highest BCUT2D eigenvalue weighted by Gasteiger charge is 2.27. The predicted molar refractivity (Wildman–Crippen MR) is 67.8 cm³/mol. The van der Waals surface area contributed by atoms with Gasteiger partial charge in [0.15, 0.2) is 0 Å². The van der Waals surface area contributed by atoms with Gasteiger partial charge in [0.25, 0.3) is 0 Å². The van der Waals surface area contributed by atoms with E-state index >= 15 is 0 Å². The summed E-state index contributed by atoms with van der Waals surface area (Å²) < 4.78 is 6.87. The van der Waals surface area contributed by atoms with Crippen LogP contribution in [0.5, 0.6) is 5.75 Å². The monoisotopic (exact) mass is 281 g/mol. The number of rotatable bonds is 2. The Bertz CT molecular complexity index is 390. The van der Waals surface area contributed by atoms with Crippen molar-refractivity contribution in [2.24, 2.45) is 0 Å². The Morgan fingerprint density at radius 3 is 2.88 bits per heavy atom. The van der Waals surface area contributed by atoms with Crippen LogP contribution in [0.3, 0.4) is 0 Å². The zero-order valence-corrected chi connectivity index (χ0v) is 10.8. The van der Waals surface area contributed by atoms with Crippen molar-refractivity contribution in [3.63, 3.8) is 0 Å². The lowest BCUT2D eigenvalue weighted by atomic mass is 9.90. The molecular weight excluding hydrogens is 266 g/mol. The van der Waals surface area contributed by atoms with Crippen molar-refractivity contribution in [2.45, 2.75) is 37.8 Å². The molecule has 0 spiro atoms. The Labute approximate surface area is 105 Å². The van der Waals surface area contributed by atoms with Gasteiger partial charge >= 0.3 is 0 Å². The summed E-state index contributed by atoms with van der Waals surface area (Å²) in [6, 6.07) is 7.39. The third kappa shape index (κ3) is 1.87. The largest absolute Gasteiger partial charge is 0.493 e. The van der Waals surface area contributed by atoms with E-state index in [0.717, 1.165) is 24.8 Å². The molecule has 0 radical (unpaired) electrons. The highest BCUT2D eigenvalue weighted by Crippen LogP contribution is 2.38. The Morgan fingerprint density at radius 2 is 2.12 bits per heavy atom. The van der Waals surface area contributed by atoms with Crippen molar-refractivity contribution >= 4 is 15.9 Å². The van der Waals surface area contributed by atoms with E-state index in [-0.39, 0.29) is 0 Å². The summed E-state index contributed by atoms with van der Waals surface area (Å²) in [5, 5.41) is 3.74. The average Bonchev–Trinajstić information content (AvgIpc) is 2.24. The van der Waals surface area contributed by atoms with E-state index in [4.69, 9.17) is 4.74 Å². The van der Waals surface area contributed by atoms with E-state index in [0.29, 0.717) is 6.04 Å². The summed E-state index contributed by atoms with van der Waals surface area (Å²) in [6.07, 6.45) is 5.12. The maximum absolute atomic E-state index is 5.70. The molecule has 1 aromatic carbocycles. The van der Waals surface area contributed by atoms with Crippen LogP contribution in [0.4, 0.5) is 0 Å². The second kappa shape index (κ2) is 4.38. The van der Waals surface area contributed by atoms with E-state index in [1.807, 2.05) is 6.07 Å². The topological polar surface area (TPSA) is 21.3 Å². The third-order valence-electron chi connectivity index (χ3n) is 3.57. The maximum atomic E-state index is 5.70. The summed E-state index contributed by atoms with van der Waals surface area (Å²) in [6.45, 7) is 0.827. The first-order valence-electron chi connectivity index (χ1n) is 6.02. The van der Waals surface area contributed by atoms with E-state index < -0.39 is 0 Å². The standard InChI is InChI=1S/C13H16BrNO/c14-10-5-2-6-12-13(10)11(7-8-16-12)15-9-3-1-4-9/h2,5-6,9,11,15H,1,3-4,7-8H2. The van der Waals surface area contributed by atoms with Crippen LogP contribution in [0, 0.1) is 0 Å². The molecular formula is C13H16BrNO. The molecule has 0 saturated heterocycles. The molecule has 1 atom stereocenters. The first-order valence-corrected chi connectivity index (χ1v) is 6.81. The molecule has 1 N–H and O–H groups in total. The molecule has 1 unspecified atom stereocenters. The van der Waals surface area contributed by atoms with E-state index in [1.54, 1.807) is 0 Å². The highest BCUT2D eigenvalue weighted by atomic mass is 79.9. The van der Waals surface area contributed by atoms with Crippen LogP contribution in [0.2, 0.25) is 0 Å². The quantitative estimate of drug-likeness (QED) is 0.897. The molecule has 3 rings (SSSR count). The summed E-state index contributed by atoms with van der Waals surface area (Å²) in [7, 11) is 0. The molecule has 3 heteroatoms. The molecule has 0 bridgehead atoms. The second-order valence-electron chi connectivity index (χ2n) is 4.64. The fourth-order valence-corrected chi connectivity index (χ4v) is 3.06. The van der Waals surface area contributed by atoms with Gasteiger partial charge in [-0.2, -0.15) is 0 Å². The lowest BCUT2D eigenvalue weighted by Crippen LogP contribution is -2.39. The fraction of sp³-hybridized carbons (Fsp3) is 0.538. The van der Waals surface area contributed by atoms with Crippen molar-refractivity contribution in [2.75, 3.05) is 6.61 Å². The van der Waals surface area contributed by atoms with Crippen LogP contribution in [-0.2, 0) is 0 Å². The fourth-order valence-electron chi connectivity index (χ4n) is 2.44. The lowest BCUT2D eigenvalue weighted by Gasteiger charge is -2.35. The maximum Gasteiger partial charge on any atom is 0.125 e. The first-order chi connectivity index (χ1) is 7.84. The van der Waals surface area contributed by atoms with Gasteiger partial charge in [-0.05, 0) is 25.0 Å². The van der Waals surface area contributed by atoms with Crippen LogP contribution in [0.25, 0.3) is 0 Å². The van der Waals surface area contributed by atoms with Gasteiger partial charge in [-0.3, -0.25) is 0 Å². The molecule has 2 aliphatic rings. The number of halogens is 1. The Hall–Kier alpha value is -0.540. The second-order valence-corrected chi connectivity index (χ2v) is 5.49. The highest BCUT2D eigenvalue weighted by molar-refractivity contribution is 9.10. The summed E-state index contributed by atoms with van der Waals surface area (Å²) in [5.74, 6) is 1.04. The number of benzene rings is 1. The van der Waals surface area contributed by atoms with Crippen LogP contribution in [0.1, 0.15) is 37.3 Å². The number of hydrogen-bond donors (Lipinski definition) is 1. The minimum atomic E-state index is 0.463. The van der Waals surface area contributed by atoms with Gasteiger partial charge in [0, 0.05) is 28.5 Å². The Kier molecular flexibility index (Phi) is 2.90. The summed E-state index contributed by atoms with van der Waals surface area (Å²) in [5.41, 5.74) is 1.31. The normalized spacial score (nSPS) is 24.4. The third-order valence-corrected chi connectivity index (χ3v) is 4.26. The number of nitrogens with one attached hydrogen (secondary N) is 1. The van der Waals surface area contributed by atoms with Crippen LogP contribution in [0.15, 0.2) is 22.7 Å². The number of ether oxygens (including phenoxy) is 1. The average molecular weight is 282 g/mol. The van der Waals surface area contributed by atoms with Crippen molar-refractivity contribution in [3.05, 3.63) is 28.2 Å². The van der Waals surface area contributed by atoms with Gasteiger partial charge < -0.3 is 10.1 Å². The van der Waals surface area contributed by atoms with E-state index in [1.165, 1.54) is 29.3 Å². The molecule has 1 aliphatic carbocycles. The minimum Gasteiger partial charge on any atom is -0.493 e. The minimum absolute atomic E-state index is 0.463. The molecule has 1 fully saturated rings. The van der Waals surface area contributed by atoms with Crippen molar-refractivity contribution in [1.29, 1.82) is 0 Å². The zero-order valence-electron chi connectivity index (χ0n) is 9.21. The van der Waals surface area contributed by atoms with Gasteiger partial charge in [-0.1, -0.05) is 28.4 Å². The number of fused-ring (bicyclic) bond motifs is 1. The molecule has 0 amide bonds. The van der Waals surface area contributed by atoms with Crippen LogP contribution < -0.4 is 10.1 Å². The molecule has 16 heavy (non-hydrogen) atoms. The predicted octanol–water partition coefficient (Wildman–Crippen LogP) is 3.41. The van der Waals surface area contributed by atoms with Crippen molar-refractivity contribution < 1.29 is 4.74 Å². The molecule has 0 aromatic heterocycles. The zero-order chi connectivity index (χ0) is 11.0. The van der Waals surface area contributed by atoms with Gasteiger partial charge in [0.1, 0.15) is 5.75 Å². The lowest BCUT2D eigenvalue weighted by molar-refractivity contribution is 0.222. The Morgan fingerprint density at radius 1 is 1.25 bits per heavy atom. The smallest absolute Gasteiger partial charge is 0.125 e. The van der Waals surface area contributed by atoms with Crippen molar-refractivity contribution in [3.8, 4) is 5.75 Å². The van der Waals surface area contributed by atoms with Gasteiger partial charge in [0.2, 0.25) is 0 Å². The van der Waals surface area contributed by atoms with Gasteiger partial charge in [-0.25, -0.2) is 0 Å². The SMILES string of the molecule is Brc1cccc2c1C(NC1CCC1)CCO2. The molecule has 1 heterocycles. The molecule has 1 aliphatic heterocycles. The Balaban J connectivity index is 1.86. The van der Waals surface area contributed by atoms with Crippen LogP contribution >= 0.6 is 15.9 Å². The molecule has 2 nitrogen and oxygen atoms in total. The van der Waals surface area contributed by atoms with Crippen LogP contribution in [-0.4, -0.2) is 12.6 Å². The van der Waals surface area contributed by atoms with Gasteiger partial charge in [-0.15, -0.1) is 0 Å². The van der Waals surface area contributed by atoms with E-state index in [2.05, 4.69) is 33.4 Å². The molecule has 86 valence electrons. The summed E-state index contributed by atoms with van der Waals surface area (Å²) in [4.78, 5) is 0. The van der Waals surface area contributed by atoms with Gasteiger partial charge in [0.05, 0.1) is 6.61 Å². The van der Waals surface area contributed by atoms with Crippen molar-refractivity contribution in [1.82, 2.24) is 5.32 Å². The summed E-state index contributed by atoms with van der Waals surface area (Å²) >= 11 is 3.63. The first kappa shape index (κ1) is 10.6. The molecule has 1 saturated carbocycles. The number of hydrogen-bond acceptors (Lipinski definition) is 2. The molecule has 1 aromatic rings.